The molecule has 0 bridgehead atoms. The minimum absolute atomic E-state index is 0.0222. The highest BCUT2D eigenvalue weighted by molar-refractivity contribution is 5.87. The standard InChI is InChI=1S/C16H24N2O5/c1-4-9(2)14(17)15(21)18-11(16(22)23-3)7-10-5-6-12(19)13(20)8-10/h5-6,8-9,11,14,19-20H,4,7,17H2,1-3H3,(H,18,21)/t9-,11-,14-/m0/s1. The van der Waals surface area contributed by atoms with Gasteiger partial charge in [0.1, 0.15) is 6.04 Å². The monoisotopic (exact) mass is 324 g/mol. The van der Waals surface area contributed by atoms with Crippen LogP contribution in [0.15, 0.2) is 18.2 Å². The van der Waals surface area contributed by atoms with E-state index < -0.39 is 24.0 Å². The summed E-state index contributed by atoms with van der Waals surface area (Å²) in [5.41, 5.74) is 6.42. The van der Waals surface area contributed by atoms with Gasteiger partial charge in [0.15, 0.2) is 11.5 Å². The van der Waals surface area contributed by atoms with Crippen molar-refractivity contribution in [2.45, 2.75) is 38.8 Å². The lowest BCUT2D eigenvalue weighted by molar-refractivity contribution is -0.145. The summed E-state index contributed by atoms with van der Waals surface area (Å²) in [6, 6.07) is 2.54. The summed E-state index contributed by atoms with van der Waals surface area (Å²) < 4.78 is 4.70. The van der Waals surface area contributed by atoms with Gasteiger partial charge in [0.05, 0.1) is 13.2 Å². The van der Waals surface area contributed by atoms with Gasteiger partial charge in [-0.1, -0.05) is 26.3 Å². The SMILES string of the molecule is CC[C@H](C)[C@H](N)C(=O)N[C@@H](Cc1ccc(O)c(O)c1)C(=O)OC. The Bertz CT molecular complexity index is 561. The average molecular weight is 324 g/mol. The summed E-state index contributed by atoms with van der Waals surface area (Å²) in [7, 11) is 1.23. The molecule has 0 aliphatic carbocycles. The van der Waals surface area contributed by atoms with Crippen LogP contribution < -0.4 is 11.1 Å². The second-order valence-electron chi connectivity index (χ2n) is 5.52. The molecule has 0 aliphatic heterocycles. The highest BCUT2D eigenvalue weighted by atomic mass is 16.5. The fraction of sp³-hybridized carbons (Fsp3) is 0.500. The van der Waals surface area contributed by atoms with Crippen molar-refractivity contribution in [3.8, 4) is 11.5 Å². The number of hydrogen-bond acceptors (Lipinski definition) is 6. The summed E-state index contributed by atoms with van der Waals surface area (Å²) in [5, 5.41) is 21.4. The normalized spacial score (nSPS) is 14.6. The Morgan fingerprint density at radius 3 is 2.48 bits per heavy atom. The maximum absolute atomic E-state index is 12.2. The van der Waals surface area contributed by atoms with Crippen LogP contribution in [0, 0.1) is 5.92 Å². The summed E-state index contributed by atoms with van der Waals surface area (Å²) >= 11 is 0. The molecule has 1 rings (SSSR count). The lowest BCUT2D eigenvalue weighted by atomic mass is 9.98. The number of hydrogen-bond donors (Lipinski definition) is 4. The zero-order chi connectivity index (χ0) is 17.6. The fourth-order valence-electron chi connectivity index (χ4n) is 2.05. The Morgan fingerprint density at radius 1 is 1.30 bits per heavy atom. The van der Waals surface area contributed by atoms with Gasteiger partial charge >= 0.3 is 5.97 Å². The molecular weight excluding hydrogens is 300 g/mol. The molecule has 1 amide bonds. The van der Waals surface area contributed by atoms with Gasteiger partial charge < -0.3 is 26.0 Å². The van der Waals surface area contributed by atoms with Gasteiger partial charge in [0, 0.05) is 6.42 Å². The number of nitrogens with one attached hydrogen (secondary N) is 1. The van der Waals surface area contributed by atoms with Gasteiger partial charge in [-0.2, -0.15) is 0 Å². The molecule has 128 valence electrons. The molecule has 0 radical (unpaired) electrons. The Hall–Kier alpha value is -2.28. The van der Waals surface area contributed by atoms with E-state index in [9.17, 15) is 19.8 Å². The molecule has 0 saturated carbocycles. The highest BCUT2D eigenvalue weighted by Crippen LogP contribution is 2.25. The van der Waals surface area contributed by atoms with Gasteiger partial charge in [0.2, 0.25) is 5.91 Å². The molecule has 0 unspecified atom stereocenters. The van der Waals surface area contributed by atoms with Crippen LogP contribution >= 0.6 is 0 Å². The molecule has 0 spiro atoms. The minimum Gasteiger partial charge on any atom is -0.504 e. The van der Waals surface area contributed by atoms with E-state index in [1.807, 2.05) is 13.8 Å². The molecule has 7 heteroatoms. The number of ether oxygens (including phenoxy) is 1. The summed E-state index contributed by atoms with van der Waals surface area (Å²) in [5.74, 6) is -1.62. The molecule has 0 aliphatic rings. The largest absolute Gasteiger partial charge is 0.504 e. The summed E-state index contributed by atoms with van der Waals surface area (Å²) in [6.07, 6.45) is 0.850. The number of methoxy groups -OCH3 is 1. The first-order valence-corrected chi connectivity index (χ1v) is 7.44. The molecule has 0 heterocycles. The van der Waals surface area contributed by atoms with Crippen LogP contribution in [-0.4, -0.2) is 41.3 Å². The Kier molecular flexibility index (Phi) is 6.84. The van der Waals surface area contributed by atoms with E-state index in [-0.39, 0.29) is 23.8 Å². The van der Waals surface area contributed by atoms with E-state index in [4.69, 9.17) is 10.5 Å². The van der Waals surface area contributed by atoms with Gasteiger partial charge in [-0.25, -0.2) is 4.79 Å². The quantitative estimate of drug-likeness (QED) is 0.432. The number of benzene rings is 1. The van der Waals surface area contributed by atoms with Crippen molar-refractivity contribution in [2.75, 3.05) is 7.11 Å². The number of amides is 1. The number of phenols is 2. The Morgan fingerprint density at radius 2 is 1.96 bits per heavy atom. The fourth-order valence-corrected chi connectivity index (χ4v) is 2.05. The van der Waals surface area contributed by atoms with E-state index in [1.54, 1.807) is 6.07 Å². The van der Waals surface area contributed by atoms with Gasteiger partial charge in [-0.3, -0.25) is 4.79 Å². The number of esters is 1. The molecule has 3 atom stereocenters. The predicted octanol–water partition coefficient (Wildman–Crippen LogP) is 0.671. The van der Waals surface area contributed by atoms with Crippen molar-refractivity contribution >= 4 is 11.9 Å². The first-order valence-electron chi connectivity index (χ1n) is 7.44. The topological polar surface area (TPSA) is 122 Å². The van der Waals surface area contributed by atoms with Crippen molar-refractivity contribution in [1.29, 1.82) is 0 Å². The maximum Gasteiger partial charge on any atom is 0.328 e. The zero-order valence-corrected chi connectivity index (χ0v) is 13.6. The van der Waals surface area contributed by atoms with E-state index >= 15 is 0 Å². The van der Waals surface area contributed by atoms with Crippen molar-refractivity contribution < 1.29 is 24.5 Å². The van der Waals surface area contributed by atoms with Crippen molar-refractivity contribution in [3.05, 3.63) is 23.8 Å². The number of aromatic hydroxyl groups is 2. The zero-order valence-electron chi connectivity index (χ0n) is 13.6. The van der Waals surface area contributed by atoms with E-state index in [0.717, 1.165) is 6.42 Å². The van der Waals surface area contributed by atoms with E-state index in [1.165, 1.54) is 19.2 Å². The first-order chi connectivity index (χ1) is 10.8. The number of carbonyl (C=O) groups excluding carboxylic acids is 2. The molecular formula is C16H24N2O5. The molecule has 0 saturated heterocycles. The van der Waals surface area contributed by atoms with Crippen molar-refractivity contribution in [1.82, 2.24) is 5.32 Å². The van der Waals surface area contributed by atoms with Crippen molar-refractivity contribution in [2.24, 2.45) is 11.7 Å². The van der Waals surface area contributed by atoms with Crippen LogP contribution in [0.2, 0.25) is 0 Å². The third-order valence-corrected chi connectivity index (χ3v) is 3.84. The van der Waals surface area contributed by atoms with Crippen LogP contribution in [0.1, 0.15) is 25.8 Å². The van der Waals surface area contributed by atoms with Gasteiger partial charge in [-0.05, 0) is 23.6 Å². The third-order valence-electron chi connectivity index (χ3n) is 3.84. The smallest absolute Gasteiger partial charge is 0.328 e. The molecule has 7 nitrogen and oxygen atoms in total. The lowest BCUT2D eigenvalue weighted by Crippen LogP contribution is -2.51. The molecule has 1 aromatic rings. The van der Waals surface area contributed by atoms with E-state index in [2.05, 4.69) is 5.32 Å². The Balaban J connectivity index is 2.86. The first kappa shape index (κ1) is 18.8. The second-order valence-corrected chi connectivity index (χ2v) is 5.52. The molecule has 0 aromatic heterocycles. The van der Waals surface area contributed by atoms with Crippen LogP contribution in [0.25, 0.3) is 0 Å². The molecule has 0 fully saturated rings. The van der Waals surface area contributed by atoms with Gasteiger partial charge in [0.25, 0.3) is 0 Å². The highest BCUT2D eigenvalue weighted by Gasteiger charge is 2.27. The van der Waals surface area contributed by atoms with Gasteiger partial charge in [-0.15, -0.1) is 0 Å². The summed E-state index contributed by atoms with van der Waals surface area (Å²) in [6.45, 7) is 3.78. The number of rotatable bonds is 7. The Labute approximate surface area is 135 Å². The number of phenolic OH excluding ortho intramolecular Hbond substituents is 2. The van der Waals surface area contributed by atoms with Crippen LogP contribution in [0.3, 0.4) is 0 Å². The lowest BCUT2D eigenvalue weighted by Gasteiger charge is -2.22. The van der Waals surface area contributed by atoms with E-state index in [0.29, 0.717) is 5.56 Å². The minimum atomic E-state index is -0.924. The molecule has 23 heavy (non-hydrogen) atoms. The predicted molar refractivity (Wildman–Crippen MR) is 84.9 cm³/mol. The summed E-state index contributed by atoms with van der Waals surface area (Å²) in [4.78, 5) is 24.0. The maximum atomic E-state index is 12.2. The second kappa shape index (κ2) is 8.38. The third kappa shape index (κ3) is 5.14. The molecule has 1 aromatic carbocycles. The van der Waals surface area contributed by atoms with Crippen LogP contribution in [0.4, 0.5) is 0 Å². The van der Waals surface area contributed by atoms with Crippen LogP contribution in [-0.2, 0) is 20.7 Å². The van der Waals surface area contributed by atoms with Crippen molar-refractivity contribution in [3.63, 3.8) is 0 Å². The number of carbonyl (C=O) groups is 2. The average Bonchev–Trinajstić information content (AvgIpc) is 2.55. The molecule has 5 N–H and O–H groups in total. The number of nitrogens with two attached hydrogens (primary N) is 1. The van der Waals surface area contributed by atoms with Crippen LogP contribution in [0.5, 0.6) is 11.5 Å².